The van der Waals surface area contributed by atoms with Crippen molar-refractivity contribution in [3.63, 3.8) is 0 Å². The van der Waals surface area contributed by atoms with Gasteiger partial charge in [0.2, 0.25) is 0 Å². The molecule has 2 nitrogen and oxygen atoms in total. The predicted octanol–water partition coefficient (Wildman–Crippen LogP) is 4.77. The minimum absolute atomic E-state index is 0.431. The van der Waals surface area contributed by atoms with Crippen LogP contribution in [0, 0.1) is 6.92 Å². The van der Waals surface area contributed by atoms with Crippen LogP contribution in [0.3, 0.4) is 0 Å². The first kappa shape index (κ1) is 15.1. The van der Waals surface area contributed by atoms with Gasteiger partial charge in [-0.05, 0) is 42.0 Å². The monoisotopic (exact) mass is 295 g/mol. The zero-order valence-electron chi connectivity index (χ0n) is 13.7. The van der Waals surface area contributed by atoms with Crippen molar-refractivity contribution >= 4 is 0 Å². The van der Waals surface area contributed by atoms with Crippen LogP contribution >= 0.6 is 0 Å². The molecule has 1 unspecified atom stereocenters. The van der Waals surface area contributed by atoms with E-state index in [1.54, 1.807) is 0 Å². The molecule has 1 saturated heterocycles. The Labute approximate surface area is 133 Å². The zero-order chi connectivity index (χ0) is 15.7. The molecule has 1 N–H and O–H groups in total. The van der Waals surface area contributed by atoms with Crippen molar-refractivity contribution in [2.75, 3.05) is 6.54 Å². The van der Waals surface area contributed by atoms with E-state index in [9.17, 15) is 5.11 Å². The third kappa shape index (κ3) is 2.89. The average Bonchev–Trinajstić information content (AvgIpc) is 2.46. The van der Waals surface area contributed by atoms with E-state index in [2.05, 4.69) is 62.1 Å². The molecule has 1 aliphatic heterocycles. The van der Waals surface area contributed by atoms with Gasteiger partial charge in [-0.3, -0.25) is 4.90 Å². The van der Waals surface area contributed by atoms with Gasteiger partial charge in [-0.1, -0.05) is 50.2 Å². The number of aryl methyl sites for hydroxylation is 1. The zero-order valence-corrected chi connectivity index (χ0v) is 13.7. The van der Waals surface area contributed by atoms with Crippen molar-refractivity contribution in [1.82, 2.24) is 4.90 Å². The van der Waals surface area contributed by atoms with E-state index in [1.165, 1.54) is 23.1 Å². The van der Waals surface area contributed by atoms with Crippen molar-refractivity contribution in [3.05, 3.63) is 64.7 Å². The second-order valence-electron chi connectivity index (χ2n) is 6.68. The molecule has 116 valence electrons. The van der Waals surface area contributed by atoms with Crippen LogP contribution < -0.4 is 0 Å². The average molecular weight is 295 g/mol. The molecule has 0 aliphatic carbocycles. The maximum atomic E-state index is 10.3. The maximum absolute atomic E-state index is 10.3. The summed E-state index contributed by atoms with van der Waals surface area (Å²) >= 11 is 0. The van der Waals surface area contributed by atoms with Gasteiger partial charge in [-0.2, -0.15) is 0 Å². The minimum Gasteiger partial charge on any atom is -0.508 e. The normalized spacial score (nSPS) is 18.5. The number of likely N-dealkylation sites (tertiary alicyclic amines) is 1. The van der Waals surface area contributed by atoms with E-state index in [0.717, 1.165) is 18.7 Å². The van der Waals surface area contributed by atoms with Crippen molar-refractivity contribution in [2.45, 2.75) is 45.7 Å². The Hall–Kier alpha value is -1.80. The molecular formula is C20H25NO. The van der Waals surface area contributed by atoms with Crippen molar-refractivity contribution in [3.8, 4) is 5.75 Å². The van der Waals surface area contributed by atoms with Gasteiger partial charge in [0.05, 0.1) is 0 Å². The number of hydrogen-bond acceptors (Lipinski definition) is 2. The summed E-state index contributed by atoms with van der Waals surface area (Å²) in [5, 5.41) is 10.3. The van der Waals surface area contributed by atoms with Crippen molar-refractivity contribution < 1.29 is 5.11 Å². The van der Waals surface area contributed by atoms with Crippen molar-refractivity contribution in [1.29, 1.82) is 0 Å². The Morgan fingerprint density at radius 3 is 2.50 bits per heavy atom. The first-order valence-electron chi connectivity index (χ1n) is 8.17. The quantitative estimate of drug-likeness (QED) is 0.878. The van der Waals surface area contributed by atoms with Crippen LogP contribution in [0.5, 0.6) is 5.75 Å². The van der Waals surface area contributed by atoms with Gasteiger partial charge in [0.1, 0.15) is 5.75 Å². The lowest BCUT2D eigenvalue weighted by Gasteiger charge is -2.41. The molecule has 0 saturated carbocycles. The highest BCUT2D eigenvalue weighted by molar-refractivity contribution is 5.43. The highest BCUT2D eigenvalue weighted by Gasteiger charge is 2.29. The largest absolute Gasteiger partial charge is 0.508 e. The van der Waals surface area contributed by atoms with E-state index in [-0.39, 0.29) is 0 Å². The third-order valence-corrected chi connectivity index (χ3v) is 4.78. The van der Waals surface area contributed by atoms with Gasteiger partial charge in [-0.25, -0.2) is 0 Å². The second-order valence-corrected chi connectivity index (χ2v) is 6.68. The summed E-state index contributed by atoms with van der Waals surface area (Å²) in [6, 6.07) is 15.3. The Morgan fingerprint density at radius 1 is 1.18 bits per heavy atom. The van der Waals surface area contributed by atoms with Crippen LogP contribution in [0.15, 0.2) is 42.5 Å². The molecule has 0 radical (unpaired) electrons. The lowest BCUT2D eigenvalue weighted by molar-refractivity contribution is 0.0809. The Kier molecular flexibility index (Phi) is 4.21. The Balaban J connectivity index is 1.80. The number of rotatable bonds is 4. The number of nitrogens with zero attached hydrogens (tertiary/aromatic N) is 1. The summed E-state index contributed by atoms with van der Waals surface area (Å²) in [4.78, 5) is 2.45. The SMILES string of the molecule is Cc1cc(O)c(CN2CCC2c2ccccc2)cc1C(C)C. The van der Waals surface area contributed by atoms with Gasteiger partial charge in [0.25, 0.3) is 0 Å². The standard InChI is InChI=1S/C20H25NO/c1-14(2)18-12-17(20(22)11-15(18)3)13-21-10-9-19(21)16-7-5-4-6-8-16/h4-8,11-12,14,19,22H,9-10,13H2,1-3H3. The van der Waals surface area contributed by atoms with E-state index in [1.807, 2.05) is 6.07 Å². The summed E-state index contributed by atoms with van der Waals surface area (Å²) in [7, 11) is 0. The molecule has 1 heterocycles. The first-order chi connectivity index (χ1) is 10.6. The molecule has 2 heteroatoms. The second kappa shape index (κ2) is 6.13. The fourth-order valence-corrected chi connectivity index (χ4v) is 3.41. The van der Waals surface area contributed by atoms with Crippen LogP contribution in [0.25, 0.3) is 0 Å². The number of phenolic OH excluding ortho intramolecular Hbond substituents is 1. The lowest BCUT2D eigenvalue weighted by Crippen LogP contribution is -2.40. The van der Waals surface area contributed by atoms with Gasteiger partial charge in [-0.15, -0.1) is 0 Å². The summed E-state index contributed by atoms with van der Waals surface area (Å²) in [5.41, 5.74) is 4.95. The fourth-order valence-electron chi connectivity index (χ4n) is 3.41. The number of hydrogen-bond donors (Lipinski definition) is 1. The van der Waals surface area contributed by atoms with E-state index in [4.69, 9.17) is 0 Å². The molecule has 0 amide bonds. The molecular weight excluding hydrogens is 270 g/mol. The smallest absolute Gasteiger partial charge is 0.120 e. The van der Waals surface area contributed by atoms with Crippen LogP contribution in [-0.4, -0.2) is 16.6 Å². The van der Waals surface area contributed by atoms with E-state index in [0.29, 0.717) is 17.7 Å². The molecule has 1 atom stereocenters. The molecule has 0 spiro atoms. The van der Waals surface area contributed by atoms with Crippen LogP contribution in [0.2, 0.25) is 0 Å². The summed E-state index contributed by atoms with van der Waals surface area (Å²) in [5.74, 6) is 0.918. The molecule has 0 bridgehead atoms. The summed E-state index contributed by atoms with van der Waals surface area (Å²) in [6.07, 6.45) is 1.20. The van der Waals surface area contributed by atoms with Gasteiger partial charge < -0.3 is 5.11 Å². The lowest BCUT2D eigenvalue weighted by atomic mass is 9.92. The Bertz CT molecular complexity index is 648. The van der Waals surface area contributed by atoms with Gasteiger partial charge in [0.15, 0.2) is 0 Å². The molecule has 22 heavy (non-hydrogen) atoms. The molecule has 1 fully saturated rings. The maximum Gasteiger partial charge on any atom is 0.120 e. The third-order valence-electron chi connectivity index (χ3n) is 4.78. The Morgan fingerprint density at radius 2 is 1.91 bits per heavy atom. The van der Waals surface area contributed by atoms with Crippen LogP contribution in [0.4, 0.5) is 0 Å². The van der Waals surface area contributed by atoms with E-state index < -0.39 is 0 Å². The molecule has 2 aromatic carbocycles. The summed E-state index contributed by atoms with van der Waals surface area (Å²) in [6.45, 7) is 8.42. The first-order valence-corrected chi connectivity index (χ1v) is 8.17. The van der Waals surface area contributed by atoms with Crippen LogP contribution in [0.1, 0.15) is 54.5 Å². The number of phenols is 1. The molecule has 3 rings (SSSR count). The molecule has 1 aliphatic rings. The van der Waals surface area contributed by atoms with E-state index >= 15 is 0 Å². The number of benzene rings is 2. The predicted molar refractivity (Wildman–Crippen MR) is 91.1 cm³/mol. The molecule has 2 aromatic rings. The summed E-state index contributed by atoms with van der Waals surface area (Å²) < 4.78 is 0. The van der Waals surface area contributed by atoms with Crippen molar-refractivity contribution in [2.24, 2.45) is 0 Å². The van der Waals surface area contributed by atoms with Gasteiger partial charge >= 0.3 is 0 Å². The minimum atomic E-state index is 0.431. The van der Waals surface area contributed by atoms with Crippen LogP contribution in [-0.2, 0) is 6.54 Å². The number of aromatic hydroxyl groups is 1. The van der Waals surface area contributed by atoms with Gasteiger partial charge in [0, 0.05) is 24.7 Å². The topological polar surface area (TPSA) is 23.5 Å². The highest BCUT2D eigenvalue weighted by Crippen LogP contribution is 2.36. The fraction of sp³-hybridized carbons (Fsp3) is 0.400. The highest BCUT2D eigenvalue weighted by atomic mass is 16.3. The molecule has 0 aromatic heterocycles.